The van der Waals surface area contributed by atoms with E-state index in [-0.39, 0.29) is 0 Å². The SMILES string of the molecule is CC=Cc1ccc(N(c2ccccc2)c2cccc3ccccc23)cc1. The molecule has 0 aromatic heterocycles. The van der Waals surface area contributed by atoms with Crippen LogP contribution in [0.4, 0.5) is 17.1 Å². The van der Waals surface area contributed by atoms with E-state index >= 15 is 0 Å². The minimum Gasteiger partial charge on any atom is -0.310 e. The fourth-order valence-corrected chi connectivity index (χ4v) is 3.33. The van der Waals surface area contributed by atoms with E-state index in [2.05, 4.69) is 114 Å². The van der Waals surface area contributed by atoms with Crippen molar-refractivity contribution in [2.75, 3.05) is 4.90 Å². The van der Waals surface area contributed by atoms with Crippen molar-refractivity contribution in [2.45, 2.75) is 6.92 Å². The smallest absolute Gasteiger partial charge is 0.0540 e. The van der Waals surface area contributed by atoms with E-state index in [1.54, 1.807) is 0 Å². The molecule has 0 saturated carbocycles. The molecule has 4 aromatic rings. The van der Waals surface area contributed by atoms with Gasteiger partial charge in [0.2, 0.25) is 0 Å². The molecule has 0 fully saturated rings. The fraction of sp³-hybridized carbons (Fsp3) is 0.0400. The number of hydrogen-bond acceptors (Lipinski definition) is 1. The number of nitrogens with zero attached hydrogens (tertiary/aromatic N) is 1. The molecular weight excluding hydrogens is 314 g/mol. The molecule has 4 aromatic carbocycles. The maximum Gasteiger partial charge on any atom is 0.0540 e. The molecular formula is C25H21N. The first-order valence-electron chi connectivity index (χ1n) is 8.92. The van der Waals surface area contributed by atoms with Crippen molar-refractivity contribution < 1.29 is 0 Å². The van der Waals surface area contributed by atoms with Crippen LogP contribution in [0.15, 0.2) is 103 Å². The third kappa shape index (κ3) is 3.12. The van der Waals surface area contributed by atoms with Crippen molar-refractivity contribution >= 4 is 33.9 Å². The third-order valence-corrected chi connectivity index (χ3v) is 4.53. The standard InChI is InChI=1S/C25H21N/c1-2-9-20-16-18-23(19-17-20)26(22-12-4-3-5-13-22)25-15-8-11-21-10-6-7-14-24(21)25/h2-19H,1H3. The maximum absolute atomic E-state index is 2.32. The molecule has 0 aliphatic rings. The Balaban J connectivity index is 1.91. The van der Waals surface area contributed by atoms with Crippen LogP contribution in [0.3, 0.4) is 0 Å². The van der Waals surface area contributed by atoms with E-state index < -0.39 is 0 Å². The summed E-state index contributed by atoms with van der Waals surface area (Å²) in [4.78, 5) is 2.32. The van der Waals surface area contributed by atoms with Crippen LogP contribution in [0.2, 0.25) is 0 Å². The van der Waals surface area contributed by atoms with Crippen LogP contribution in [0.5, 0.6) is 0 Å². The number of hydrogen-bond donors (Lipinski definition) is 0. The maximum atomic E-state index is 2.32. The highest BCUT2D eigenvalue weighted by Crippen LogP contribution is 2.38. The van der Waals surface area contributed by atoms with Gasteiger partial charge in [-0.3, -0.25) is 0 Å². The van der Waals surface area contributed by atoms with E-state index in [1.807, 2.05) is 6.92 Å². The summed E-state index contributed by atoms with van der Waals surface area (Å²) in [6.07, 6.45) is 4.18. The predicted molar refractivity (Wildman–Crippen MR) is 113 cm³/mol. The fourth-order valence-electron chi connectivity index (χ4n) is 3.33. The summed E-state index contributed by atoms with van der Waals surface area (Å²) < 4.78 is 0. The second-order valence-corrected chi connectivity index (χ2v) is 6.26. The van der Waals surface area contributed by atoms with Crippen LogP contribution >= 0.6 is 0 Å². The van der Waals surface area contributed by atoms with Crippen LogP contribution in [0.1, 0.15) is 12.5 Å². The average Bonchev–Trinajstić information content (AvgIpc) is 2.71. The highest BCUT2D eigenvalue weighted by molar-refractivity contribution is 5.98. The van der Waals surface area contributed by atoms with Gasteiger partial charge in [0.1, 0.15) is 0 Å². The first kappa shape index (κ1) is 16.2. The van der Waals surface area contributed by atoms with Crippen LogP contribution in [0, 0.1) is 0 Å². The largest absolute Gasteiger partial charge is 0.310 e. The van der Waals surface area contributed by atoms with Crippen LogP contribution in [-0.2, 0) is 0 Å². The molecule has 0 unspecified atom stereocenters. The van der Waals surface area contributed by atoms with Gasteiger partial charge in [-0.2, -0.15) is 0 Å². The molecule has 4 rings (SSSR count). The first-order chi connectivity index (χ1) is 12.9. The van der Waals surface area contributed by atoms with Crippen molar-refractivity contribution in [3.8, 4) is 0 Å². The van der Waals surface area contributed by atoms with Gasteiger partial charge in [0.25, 0.3) is 0 Å². The Morgan fingerprint density at radius 3 is 2.04 bits per heavy atom. The molecule has 0 heterocycles. The molecule has 0 aliphatic heterocycles. The van der Waals surface area contributed by atoms with E-state index in [9.17, 15) is 0 Å². The molecule has 0 spiro atoms. The predicted octanol–water partition coefficient (Wildman–Crippen LogP) is 7.34. The number of allylic oxidation sites excluding steroid dienone is 1. The van der Waals surface area contributed by atoms with Crippen molar-refractivity contribution in [3.05, 3.63) is 109 Å². The highest BCUT2D eigenvalue weighted by atomic mass is 15.1. The summed E-state index contributed by atoms with van der Waals surface area (Å²) >= 11 is 0. The first-order valence-corrected chi connectivity index (χ1v) is 8.92. The summed E-state index contributed by atoms with van der Waals surface area (Å²) in [6.45, 7) is 2.04. The summed E-state index contributed by atoms with van der Waals surface area (Å²) in [5, 5.41) is 2.49. The van der Waals surface area contributed by atoms with Crippen molar-refractivity contribution in [2.24, 2.45) is 0 Å². The Hall–Kier alpha value is -3.32. The van der Waals surface area contributed by atoms with Crippen molar-refractivity contribution in [3.63, 3.8) is 0 Å². The second-order valence-electron chi connectivity index (χ2n) is 6.26. The number of anilines is 3. The quantitative estimate of drug-likeness (QED) is 0.377. The minimum absolute atomic E-state index is 1.15. The Bertz CT molecular complexity index is 1030. The lowest BCUT2D eigenvalue weighted by molar-refractivity contribution is 1.30. The van der Waals surface area contributed by atoms with Gasteiger partial charge in [0.05, 0.1) is 5.69 Å². The van der Waals surface area contributed by atoms with E-state index in [0.717, 1.165) is 11.4 Å². The minimum atomic E-state index is 1.15. The van der Waals surface area contributed by atoms with Crippen LogP contribution in [0.25, 0.3) is 16.8 Å². The Labute approximate surface area is 154 Å². The normalized spacial score (nSPS) is 11.1. The Kier molecular flexibility index (Phi) is 4.53. The van der Waals surface area contributed by atoms with Gasteiger partial charge in [-0.25, -0.2) is 0 Å². The lowest BCUT2D eigenvalue weighted by Crippen LogP contribution is -2.10. The topological polar surface area (TPSA) is 3.24 Å². The average molecular weight is 335 g/mol. The van der Waals surface area contributed by atoms with Gasteiger partial charge in [-0.1, -0.05) is 78.9 Å². The third-order valence-electron chi connectivity index (χ3n) is 4.53. The molecule has 0 atom stereocenters. The number of fused-ring (bicyclic) bond motifs is 1. The monoisotopic (exact) mass is 335 g/mol. The molecule has 1 nitrogen and oxygen atoms in total. The Morgan fingerprint density at radius 2 is 1.27 bits per heavy atom. The van der Waals surface area contributed by atoms with Crippen molar-refractivity contribution in [1.82, 2.24) is 0 Å². The summed E-state index contributed by atoms with van der Waals surface area (Å²) in [5.74, 6) is 0. The van der Waals surface area contributed by atoms with Gasteiger partial charge < -0.3 is 4.90 Å². The Morgan fingerprint density at radius 1 is 0.615 bits per heavy atom. The molecule has 0 saturated heterocycles. The zero-order chi connectivity index (χ0) is 17.8. The molecule has 0 bridgehead atoms. The molecule has 0 N–H and O–H groups in total. The number of para-hydroxylation sites is 1. The van der Waals surface area contributed by atoms with Gasteiger partial charge in [-0.05, 0) is 48.2 Å². The van der Waals surface area contributed by atoms with Gasteiger partial charge in [0.15, 0.2) is 0 Å². The summed E-state index contributed by atoms with van der Waals surface area (Å²) in [6, 6.07) is 34.3. The highest BCUT2D eigenvalue weighted by Gasteiger charge is 2.14. The van der Waals surface area contributed by atoms with E-state index in [0.29, 0.717) is 0 Å². The number of rotatable bonds is 4. The van der Waals surface area contributed by atoms with Crippen LogP contribution < -0.4 is 4.90 Å². The molecule has 0 aliphatic carbocycles. The van der Waals surface area contributed by atoms with Gasteiger partial charge in [-0.15, -0.1) is 0 Å². The zero-order valence-corrected chi connectivity index (χ0v) is 14.8. The lowest BCUT2D eigenvalue weighted by atomic mass is 10.1. The van der Waals surface area contributed by atoms with Gasteiger partial charge in [0, 0.05) is 16.8 Å². The van der Waals surface area contributed by atoms with E-state index in [1.165, 1.54) is 22.0 Å². The number of benzene rings is 4. The second kappa shape index (κ2) is 7.28. The molecule has 1 heteroatoms. The molecule has 0 radical (unpaired) electrons. The van der Waals surface area contributed by atoms with E-state index in [4.69, 9.17) is 0 Å². The summed E-state index contributed by atoms with van der Waals surface area (Å²) in [5.41, 5.74) is 4.71. The lowest BCUT2D eigenvalue weighted by Gasteiger charge is -2.27. The van der Waals surface area contributed by atoms with Gasteiger partial charge >= 0.3 is 0 Å². The molecule has 0 amide bonds. The molecule has 26 heavy (non-hydrogen) atoms. The van der Waals surface area contributed by atoms with Crippen molar-refractivity contribution in [1.29, 1.82) is 0 Å². The zero-order valence-electron chi connectivity index (χ0n) is 14.8. The summed E-state index contributed by atoms with van der Waals surface area (Å²) in [7, 11) is 0. The molecule has 126 valence electrons. The van der Waals surface area contributed by atoms with Crippen LogP contribution in [-0.4, -0.2) is 0 Å².